The number of fused-ring (bicyclic) bond motifs is 1. The summed E-state index contributed by atoms with van der Waals surface area (Å²) in [5, 5.41) is 3.12. The number of nitrogens with zero attached hydrogens (tertiary/aromatic N) is 2. The molecule has 2 aromatic carbocycles. The Labute approximate surface area is 194 Å². The van der Waals surface area contributed by atoms with Crippen molar-refractivity contribution in [2.24, 2.45) is 5.92 Å². The van der Waals surface area contributed by atoms with Crippen molar-refractivity contribution in [3.05, 3.63) is 53.6 Å². The molecule has 0 unspecified atom stereocenters. The van der Waals surface area contributed by atoms with Crippen molar-refractivity contribution < 1.29 is 19.1 Å². The van der Waals surface area contributed by atoms with E-state index < -0.39 is 0 Å². The van der Waals surface area contributed by atoms with Crippen LogP contribution in [0.2, 0.25) is 0 Å². The molecule has 5 rings (SSSR count). The molecule has 7 nitrogen and oxygen atoms in total. The lowest BCUT2D eigenvalue weighted by molar-refractivity contribution is -0.123. The summed E-state index contributed by atoms with van der Waals surface area (Å²) in [7, 11) is 0. The highest BCUT2D eigenvalue weighted by atomic mass is 16.7. The van der Waals surface area contributed by atoms with Crippen LogP contribution < -0.4 is 14.8 Å². The van der Waals surface area contributed by atoms with Crippen LogP contribution >= 0.6 is 0 Å². The Morgan fingerprint density at radius 1 is 0.970 bits per heavy atom. The summed E-state index contributed by atoms with van der Waals surface area (Å²) in [6, 6.07) is 13.1. The minimum Gasteiger partial charge on any atom is -0.454 e. The maximum atomic E-state index is 13.5. The maximum Gasteiger partial charge on any atom is 0.254 e. The molecule has 0 bridgehead atoms. The van der Waals surface area contributed by atoms with Gasteiger partial charge in [0.25, 0.3) is 5.91 Å². The molecule has 174 valence electrons. The summed E-state index contributed by atoms with van der Waals surface area (Å²) in [5.74, 6) is 1.82. The third-order valence-electron chi connectivity index (χ3n) is 7.13. The first-order valence-electron chi connectivity index (χ1n) is 11.9. The van der Waals surface area contributed by atoms with Gasteiger partial charge in [-0.3, -0.25) is 14.5 Å². The molecule has 2 amide bonds. The molecule has 1 saturated heterocycles. The third kappa shape index (κ3) is 4.55. The van der Waals surface area contributed by atoms with Crippen molar-refractivity contribution in [2.45, 2.75) is 38.6 Å². The highest BCUT2D eigenvalue weighted by Crippen LogP contribution is 2.35. The minimum absolute atomic E-state index is 0.0273. The van der Waals surface area contributed by atoms with E-state index in [1.54, 1.807) is 0 Å². The Balaban J connectivity index is 1.27. The number of ether oxygens (including phenoxy) is 2. The lowest BCUT2D eigenvalue weighted by Crippen LogP contribution is -2.57. The van der Waals surface area contributed by atoms with Crippen LogP contribution in [0.3, 0.4) is 0 Å². The van der Waals surface area contributed by atoms with Crippen LogP contribution in [-0.2, 0) is 4.79 Å². The molecule has 1 saturated carbocycles. The summed E-state index contributed by atoms with van der Waals surface area (Å²) in [4.78, 5) is 30.7. The number of carbonyl (C=O) groups excluding carboxylic acids is 2. The van der Waals surface area contributed by atoms with Gasteiger partial charge in [0.15, 0.2) is 11.5 Å². The zero-order chi connectivity index (χ0) is 22.8. The number of hydrogen-bond donors (Lipinski definition) is 1. The predicted molar refractivity (Wildman–Crippen MR) is 126 cm³/mol. The zero-order valence-electron chi connectivity index (χ0n) is 19.1. The van der Waals surface area contributed by atoms with Gasteiger partial charge in [-0.15, -0.1) is 0 Å². The van der Waals surface area contributed by atoms with Crippen molar-refractivity contribution in [1.29, 1.82) is 0 Å². The SMILES string of the molecule is Cc1ccccc1C(=O)N1CCN([C@H](C(=O)Nc2ccc3c(c2)OCO3)C2CCCC2)CC1. The summed E-state index contributed by atoms with van der Waals surface area (Å²) < 4.78 is 10.8. The number of anilines is 1. The number of piperazine rings is 1. The van der Waals surface area contributed by atoms with Gasteiger partial charge in [0.05, 0.1) is 6.04 Å². The summed E-state index contributed by atoms with van der Waals surface area (Å²) in [6.07, 6.45) is 4.48. The molecule has 2 fully saturated rings. The van der Waals surface area contributed by atoms with E-state index >= 15 is 0 Å². The van der Waals surface area contributed by atoms with E-state index in [0.717, 1.165) is 29.7 Å². The first-order valence-corrected chi connectivity index (χ1v) is 11.9. The summed E-state index contributed by atoms with van der Waals surface area (Å²) >= 11 is 0. The lowest BCUT2D eigenvalue weighted by Gasteiger charge is -2.40. The number of aryl methyl sites for hydroxylation is 1. The van der Waals surface area contributed by atoms with Crippen molar-refractivity contribution in [3.8, 4) is 11.5 Å². The van der Waals surface area contributed by atoms with Crippen LogP contribution in [0, 0.1) is 12.8 Å². The first-order chi connectivity index (χ1) is 16.1. The molecule has 3 aliphatic rings. The Morgan fingerprint density at radius 3 is 2.45 bits per heavy atom. The van der Waals surface area contributed by atoms with Crippen LogP contribution in [0.25, 0.3) is 0 Å². The van der Waals surface area contributed by atoms with Crippen molar-refractivity contribution in [2.75, 3.05) is 38.3 Å². The topological polar surface area (TPSA) is 71.1 Å². The minimum atomic E-state index is -0.186. The number of benzene rings is 2. The summed E-state index contributed by atoms with van der Waals surface area (Å²) in [6.45, 7) is 4.85. The molecular formula is C26H31N3O4. The molecule has 7 heteroatoms. The highest BCUT2D eigenvalue weighted by molar-refractivity contribution is 5.96. The Kier molecular flexibility index (Phi) is 6.22. The highest BCUT2D eigenvalue weighted by Gasteiger charge is 2.37. The number of hydrogen-bond acceptors (Lipinski definition) is 5. The molecule has 1 atom stereocenters. The van der Waals surface area contributed by atoms with Crippen molar-refractivity contribution in [3.63, 3.8) is 0 Å². The van der Waals surface area contributed by atoms with E-state index in [4.69, 9.17) is 9.47 Å². The van der Waals surface area contributed by atoms with E-state index in [2.05, 4.69) is 10.2 Å². The summed E-state index contributed by atoms with van der Waals surface area (Å²) in [5.41, 5.74) is 2.48. The third-order valence-corrected chi connectivity index (χ3v) is 7.13. The van der Waals surface area contributed by atoms with Gasteiger partial charge in [0, 0.05) is 43.5 Å². The average molecular weight is 450 g/mol. The largest absolute Gasteiger partial charge is 0.454 e. The van der Waals surface area contributed by atoms with Gasteiger partial charge in [-0.25, -0.2) is 0 Å². The molecule has 1 aliphatic carbocycles. The smallest absolute Gasteiger partial charge is 0.254 e. The van der Waals surface area contributed by atoms with Crippen LogP contribution in [0.4, 0.5) is 5.69 Å². The van der Waals surface area contributed by atoms with E-state index in [0.29, 0.717) is 43.6 Å². The van der Waals surface area contributed by atoms with E-state index in [9.17, 15) is 9.59 Å². The second-order valence-corrected chi connectivity index (χ2v) is 9.19. The molecule has 2 aliphatic heterocycles. The van der Waals surface area contributed by atoms with Gasteiger partial charge < -0.3 is 19.7 Å². The van der Waals surface area contributed by atoms with Gasteiger partial charge >= 0.3 is 0 Å². The van der Waals surface area contributed by atoms with E-state index in [1.807, 2.05) is 54.3 Å². The normalized spacial score (nSPS) is 19.5. The van der Waals surface area contributed by atoms with Gasteiger partial charge in [-0.1, -0.05) is 31.0 Å². The zero-order valence-corrected chi connectivity index (χ0v) is 19.1. The number of rotatable bonds is 5. The fourth-order valence-corrected chi connectivity index (χ4v) is 5.33. The fraction of sp³-hybridized carbons (Fsp3) is 0.462. The second kappa shape index (κ2) is 9.43. The monoisotopic (exact) mass is 449 g/mol. The van der Waals surface area contributed by atoms with Crippen LogP contribution in [0.5, 0.6) is 11.5 Å². The van der Waals surface area contributed by atoms with Crippen LogP contribution in [0.15, 0.2) is 42.5 Å². The fourth-order valence-electron chi connectivity index (χ4n) is 5.33. The van der Waals surface area contributed by atoms with Gasteiger partial charge in [-0.05, 0) is 49.4 Å². The van der Waals surface area contributed by atoms with Crippen molar-refractivity contribution in [1.82, 2.24) is 9.80 Å². The quantitative estimate of drug-likeness (QED) is 0.754. The Morgan fingerprint density at radius 2 is 1.70 bits per heavy atom. The van der Waals surface area contributed by atoms with E-state index in [1.165, 1.54) is 12.8 Å². The van der Waals surface area contributed by atoms with Gasteiger partial charge in [0.1, 0.15) is 0 Å². The van der Waals surface area contributed by atoms with Crippen LogP contribution in [0.1, 0.15) is 41.6 Å². The van der Waals surface area contributed by atoms with Gasteiger partial charge in [0.2, 0.25) is 12.7 Å². The molecule has 2 aromatic rings. The van der Waals surface area contributed by atoms with E-state index in [-0.39, 0.29) is 24.6 Å². The molecule has 0 spiro atoms. The molecule has 33 heavy (non-hydrogen) atoms. The molecule has 0 aromatic heterocycles. The predicted octanol–water partition coefficient (Wildman–Crippen LogP) is 3.68. The molecule has 2 heterocycles. The number of carbonyl (C=O) groups is 2. The van der Waals surface area contributed by atoms with Crippen molar-refractivity contribution >= 4 is 17.5 Å². The maximum absolute atomic E-state index is 13.5. The first kappa shape index (κ1) is 21.8. The number of nitrogens with one attached hydrogen (secondary N) is 1. The molecular weight excluding hydrogens is 418 g/mol. The Bertz CT molecular complexity index is 1030. The standard InChI is InChI=1S/C26H31N3O4/c1-18-6-2-5-9-21(18)26(31)29-14-12-28(13-15-29)24(19-7-3-4-8-19)25(30)27-20-10-11-22-23(16-20)33-17-32-22/h2,5-6,9-11,16,19,24H,3-4,7-8,12-15,17H2,1H3,(H,27,30)/t24-/m0/s1. The lowest BCUT2D eigenvalue weighted by atomic mass is 9.94. The van der Waals surface area contributed by atoms with Gasteiger partial charge in [-0.2, -0.15) is 0 Å². The average Bonchev–Trinajstić information content (AvgIpc) is 3.52. The number of amides is 2. The molecule has 1 N–H and O–H groups in total. The Hall–Kier alpha value is -3.06. The second-order valence-electron chi connectivity index (χ2n) is 9.19. The molecule has 0 radical (unpaired) electrons. The van der Waals surface area contributed by atoms with Crippen LogP contribution in [-0.4, -0.2) is 60.6 Å².